The molecule has 0 spiro atoms. The summed E-state index contributed by atoms with van der Waals surface area (Å²) in [4.78, 5) is 31.8. The summed E-state index contributed by atoms with van der Waals surface area (Å²) in [6.07, 6.45) is 7.57. The molecule has 0 saturated carbocycles. The third kappa shape index (κ3) is 4.87. The van der Waals surface area contributed by atoms with E-state index in [0.29, 0.717) is 28.6 Å². The van der Waals surface area contributed by atoms with Gasteiger partial charge >= 0.3 is 0 Å². The molecule has 9 heteroatoms. The molecule has 6 aromatic rings. The molecule has 4 heterocycles. The van der Waals surface area contributed by atoms with Crippen molar-refractivity contribution in [3.63, 3.8) is 0 Å². The van der Waals surface area contributed by atoms with Crippen molar-refractivity contribution in [2.24, 2.45) is 7.05 Å². The minimum absolute atomic E-state index is 0.127. The van der Waals surface area contributed by atoms with Gasteiger partial charge in [-0.05, 0) is 48.1 Å². The number of Topliss-reactive ketones (excluding diaryl/α,β-unsaturated/α-hetero) is 1. The Morgan fingerprint density at radius 1 is 1.07 bits per heavy atom. The number of anilines is 1. The smallest absolute Gasteiger partial charge is 0.264 e. The first-order chi connectivity index (χ1) is 19.9. The van der Waals surface area contributed by atoms with E-state index in [0.717, 1.165) is 22.3 Å². The highest BCUT2D eigenvalue weighted by Crippen LogP contribution is 2.28. The number of fused-ring (bicyclic) bond motifs is 2. The summed E-state index contributed by atoms with van der Waals surface area (Å²) < 4.78 is 4.93. The van der Waals surface area contributed by atoms with E-state index in [1.807, 2.05) is 74.8 Å². The van der Waals surface area contributed by atoms with Gasteiger partial charge in [-0.1, -0.05) is 49.1 Å². The molecule has 202 valence electrons. The molecule has 2 aromatic carbocycles. The monoisotopic (exact) mass is 541 g/mol. The lowest BCUT2D eigenvalue weighted by molar-refractivity contribution is 0.0980. The summed E-state index contributed by atoms with van der Waals surface area (Å²) in [6.45, 7) is 2.02. The Balaban J connectivity index is 1.40. The highest BCUT2D eigenvalue weighted by molar-refractivity contribution is 6.05. The fourth-order valence-electron chi connectivity index (χ4n) is 5.11. The average Bonchev–Trinajstić information content (AvgIpc) is 3.56. The summed E-state index contributed by atoms with van der Waals surface area (Å²) in [5, 5.41) is 9.72. The molecule has 41 heavy (non-hydrogen) atoms. The molecule has 0 fully saturated rings. The lowest BCUT2D eigenvalue weighted by atomic mass is 9.95. The Bertz CT molecular complexity index is 2040. The maximum atomic E-state index is 14.2. The first-order valence-electron chi connectivity index (χ1n) is 13.3. The standard InChI is InChI=1S/C32H27N7O2/c1-21(12-15-27(40)29-30(33)36-38-17-7-16-34-31(29)38)26-18-24-9-6-8-23(14-13-22-19-35-37(2)20-22)28(24)32(41)39(26)25-10-4-3-5-11-25/h3-11,16-21H,12,15H2,1-2H3,(H2,33,36)/t21-/m1/s1. The van der Waals surface area contributed by atoms with E-state index < -0.39 is 0 Å². The molecule has 0 aliphatic rings. The number of nitrogens with two attached hydrogens (primary N) is 1. The number of carbonyl (C=O) groups is 1. The summed E-state index contributed by atoms with van der Waals surface area (Å²) in [5.74, 6) is 6.19. The fraction of sp³-hybridized carbons (Fsp3) is 0.156. The van der Waals surface area contributed by atoms with Gasteiger partial charge in [0.15, 0.2) is 17.2 Å². The summed E-state index contributed by atoms with van der Waals surface area (Å²) >= 11 is 0. The molecular formula is C32H27N7O2. The number of aromatic nitrogens is 6. The maximum Gasteiger partial charge on any atom is 0.264 e. The molecule has 1 atom stereocenters. The summed E-state index contributed by atoms with van der Waals surface area (Å²) in [6, 6.07) is 19.0. The van der Waals surface area contributed by atoms with Crippen LogP contribution in [0, 0.1) is 11.8 Å². The minimum Gasteiger partial charge on any atom is -0.382 e. The lowest BCUT2D eigenvalue weighted by Gasteiger charge is -2.20. The zero-order valence-electron chi connectivity index (χ0n) is 22.7. The van der Waals surface area contributed by atoms with Crippen LogP contribution in [0.25, 0.3) is 22.1 Å². The Kier molecular flexibility index (Phi) is 6.65. The van der Waals surface area contributed by atoms with Gasteiger partial charge in [-0.25, -0.2) is 9.50 Å². The lowest BCUT2D eigenvalue weighted by Crippen LogP contribution is -2.24. The van der Waals surface area contributed by atoms with Crippen LogP contribution in [0.5, 0.6) is 0 Å². The van der Waals surface area contributed by atoms with Crippen LogP contribution in [-0.2, 0) is 7.05 Å². The number of carbonyl (C=O) groups excluding carboxylic acids is 1. The first kappa shape index (κ1) is 25.8. The van der Waals surface area contributed by atoms with Crippen molar-refractivity contribution in [2.45, 2.75) is 25.7 Å². The molecule has 0 saturated heterocycles. The van der Waals surface area contributed by atoms with Crippen LogP contribution in [0.15, 0.2) is 90.2 Å². The van der Waals surface area contributed by atoms with E-state index in [2.05, 4.69) is 27.0 Å². The number of hydrogen-bond donors (Lipinski definition) is 1. The van der Waals surface area contributed by atoms with Crippen molar-refractivity contribution >= 4 is 28.0 Å². The number of nitrogens with zero attached hydrogens (tertiary/aromatic N) is 6. The second-order valence-electron chi connectivity index (χ2n) is 9.98. The minimum atomic E-state index is -0.158. The van der Waals surface area contributed by atoms with E-state index in [-0.39, 0.29) is 29.5 Å². The van der Waals surface area contributed by atoms with Crippen molar-refractivity contribution in [2.75, 3.05) is 5.73 Å². The van der Waals surface area contributed by atoms with Crippen LogP contribution < -0.4 is 11.3 Å². The predicted molar refractivity (Wildman–Crippen MR) is 158 cm³/mol. The van der Waals surface area contributed by atoms with Gasteiger partial charge in [0, 0.05) is 49.0 Å². The van der Waals surface area contributed by atoms with E-state index in [4.69, 9.17) is 5.73 Å². The number of pyridine rings is 1. The molecule has 4 aromatic heterocycles. The second-order valence-corrected chi connectivity index (χ2v) is 9.98. The van der Waals surface area contributed by atoms with Crippen LogP contribution >= 0.6 is 0 Å². The van der Waals surface area contributed by atoms with Crippen LogP contribution in [-0.4, -0.2) is 34.7 Å². The topological polar surface area (TPSA) is 113 Å². The number of hydrogen-bond acceptors (Lipinski definition) is 6. The van der Waals surface area contributed by atoms with Gasteiger partial charge in [0.25, 0.3) is 5.56 Å². The van der Waals surface area contributed by atoms with Crippen molar-refractivity contribution < 1.29 is 4.79 Å². The molecule has 0 aliphatic carbocycles. The number of nitrogen functional groups attached to an aromatic ring is 1. The Morgan fingerprint density at radius 3 is 2.68 bits per heavy atom. The van der Waals surface area contributed by atoms with Crippen molar-refractivity contribution in [1.29, 1.82) is 0 Å². The Hall–Kier alpha value is -5.49. The summed E-state index contributed by atoms with van der Waals surface area (Å²) in [5.41, 5.74) is 9.66. The normalized spacial score (nSPS) is 11.9. The molecule has 9 nitrogen and oxygen atoms in total. The fourth-order valence-corrected chi connectivity index (χ4v) is 5.11. The molecule has 0 radical (unpaired) electrons. The van der Waals surface area contributed by atoms with Crippen molar-refractivity contribution in [3.05, 3.63) is 118 Å². The second kappa shape index (κ2) is 10.6. The first-order valence-corrected chi connectivity index (χ1v) is 13.3. The highest BCUT2D eigenvalue weighted by atomic mass is 16.1. The van der Waals surface area contributed by atoms with Gasteiger partial charge in [0.05, 0.1) is 17.1 Å². The van der Waals surface area contributed by atoms with Gasteiger partial charge in [-0.3, -0.25) is 18.8 Å². The zero-order valence-corrected chi connectivity index (χ0v) is 22.7. The summed E-state index contributed by atoms with van der Waals surface area (Å²) in [7, 11) is 1.83. The number of ketones is 1. The quantitative estimate of drug-likeness (QED) is 0.245. The molecule has 0 bridgehead atoms. The highest BCUT2D eigenvalue weighted by Gasteiger charge is 2.22. The number of benzene rings is 2. The van der Waals surface area contributed by atoms with Gasteiger partial charge in [0.1, 0.15) is 5.56 Å². The van der Waals surface area contributed by atoms with Gasteiger partial charge in [0.2, 0.25) is 0 Å². The third-order valence-electron chi connectivity index (χ3n) is 7.15. The van der Waals surface area contributed by atoms with Crippen LogP contribution in [0.4, 0.5) is 5.82 Å². The van der Waals surface area contributed by atoms with Crippen LogP contribution in [0.2, 0.25) is 0 Å². The van der Waals surface area contributed by atoms with Crippen LogP contribution in [0.3, 0.4) is 0 Å². The van der Waals surface area contributed by atoms with E-state index >= 15 is 0 Å². The Morgan fingerprint density at radius 2 is 1.90 bits per heavy atom. The SMILES string of the molecule is C[C@H](CCC(=O)c1c(N)nn2cccnc12)c1cc2cccc(C#Cc3cnn(C)c3)c2c(=O)n1-c1ccccc1. The third-order valence-corrected chi connectivity index (χ3v) is 7.15. The predicted octanol–water partition coefficient (Wildman–Crippen LogP) is 4.52. The van der Waals surface area contributed by atoms with Gasteiger partial charge < -0.3 is 5.73 Å². The molecule has 6 rings (SSSR count). The van der Waals surface area contributed by atoms with Crippen LogP contribution in [0.1, 0.15) is 52.9 Å². The number of rotatable bonds is 6. The van der Waals surface area contributed by atoms with Gasteiger partial charge in [-0.2, -0.15) is 5.10 Å². The molecule has 0 unspecified atom stereocenters. The van der Waals surface area contributed by atoms with Crippen molar-refractivity contribution in [3.8, 4) is 17.5 Å². The Labute approximate surface area is 235 Å². The van der Waals surface area contributed by atoms with E-state index in [9.17, 15) is 9.59 Å². The zero-order chi connectivity index (χ0) is 28.5. The van der Waals surface area contributed by atoms with E-state index in [1.54, 1.807) is 33.9 Å². The van der Waals surface area contributed by atoms with Crippen molar-refractivity contribution in [1.82, 2.24) is 28.9 Å². The molecular weight excluding hydrogens is 514 g/mol. The molecule has 2 N–H and O–H groups in total. The van der Waals surface area contributed by atoms with E-state index in [1.165, 1.54) is 4.52 Å². The number of para-hydroxylation sites is 1. The molecule has 0 aliphatic heterocycles. The largest absolute Gasteiger partial charge is 0.382 e. The average molecular weight is 542 g/mol. The number of aryl methyl sites for hydroxylation is 1. The molecule has 0 amide bonds. The van der Waals surface area contributed by atoms with Gasteiger partial charge in [-0.15, -0.1) is 5.10 Å². The maximum absolute atomic E-state index is 14.2.